The normalized spacial score (nSPS) is 42.3. The maximum atomic E-state index is 12.8. The lowest BCUT2D eigenvalue weighted by Gasteiger charge is -2.58. The number of carbonyl (C=O) groups is 2. The van der Waals surface area contributed by atoms with Crippen LogP contribution in [0.15, 0.2) is 0 Å². The molecule has 4 bridgehead atoms. The highest BCUT2D eigenvalue weighted by molar-refractivity contribution is 9.10. The molecule has 0 radical (unpaired) electrons. The Morgan fingerprint density at radius 2 is 1.87 bits per heavy atom. The van der Waals surface area contributed by atoms with E-state index in [1.165, 1.54) is 32.1 Å². The molecule has 5 aliphatic carbocycles. The smallest absolute Gasteiger partial charge is 0.312 e. The molecule has 1 amide bonds. The summed E-state index contributed by atoms with van der Waals surface area (Å²) in [7, 11) is 0. The lowest BCUT2D eigenvalue weighted by Crippen LogP contribution is -2.56. The summed E-state index contributed by atoms with van der Waals surface area (Å²) in [5.41, 5.74) is -0.337. The average Bonchev–Trinajstić information content (AvgIpc) is 3.26. The predicted molar refractivity (Wildman–Crippen MR) is 90.1 cm³/mol. The molecule has 23 heavy (non-hydrogen) atoms. The van der Waals surface area contributed by atoms with Gasteiger partial charge in [-0.25, -0.2) is 0 Å². The lowest BCUT2D eigenvalue weighted by atomic mass is 9.49. The van der Waals surface area contributed by atoms with Crippen LogP contribution in [0.5, 0.6) is 0 Å². The van der Waals surface area contributed by atoms with Crippen LogP contribution < -0.4 is 5.32 Å². The Balaban J connectivity index is 1.34. The number of esters is 1. The molecule has 4 nitrogen and oxygen atoms in total. The molecule has 5 heteroatoms. The fraction of sp³-hybridized carbons (Fsp3) is 0.889. The Hall–Kier alpha value is -0.580. The van der Waals surface area contributed by atoms with Crippen LogP contribution in [0.1, 0.15) is 58.3 Å². The maximum Gasteiger partial charge on any atom is 0.312 e. The second-order valence-corrected chi connectivity index (χ2v) is 10.3. The van der Waals surface area contributed by atoms with Crippen molar-refractivity contribution in [2.75, 3.05) is 6.61 Å². The van der Waals surface area contributed by atoms with Crippen LogP contribution in [-0.4, -0.2) is 28.8 Å². The van der Waals surface area contributed by atoms with Gasteiger partial charge in [-0.2, -0.15) is 0 Å². The molecule has 0 saturated heterocycles. The van der Waals surface area contributed by atoms with Gasteiger partial charge in [-0.1, -0.05) is 15.9 Å². The molecule has 0 aromatic heterocycles. The molecule has 0 aliphatic heterocycles. The van der Waals surface area contributed by atoms with E-state index >= 15 is 0 Å². The van der Waals surface area contributed by atoms with Crippen molar-refractivity contribution in [2.24, 2.45) is 23.2 Å². The quantitative estimate of drug-likeness (QED) is 0.585. The van der Waals surface area contributed by atoms with Gasteiger partial charge in [0.1, 0.15) is 0 Å². The SMILES string of the molecule is C[C@@H](NC(=O)COC(=O)C12C[C@@H]3C[C@@H](CC(Br)(C3)C1)C2)C1CC1. The third-order valence-corrected chi connectivity index (χ3v) is 7.40. The van der Waals surface area contributed by atoms with Crippen LogP contribution in [0.4, 0.5) is 0 Å². The molecule has 0 heterocycles. The van der Waals surface area contributed by atoms with E-state index in [-0.39, 0.29) is 34.3 Å². The van der Waals surface area contributed by atoms with Gasteiger partial charge in [0.25, 0.3) is 5.91 Å². The average molecular weight is 384 g/mol. The van der Waals surface area contributed by atoms with E-state index < -0.39 is 0 Å². The molecule has 2 unspecified atom stereocenters. The summed E-state index contributed by atoms with van der Waals surface area (Å²) in [6.45, 7) is 1.91. The number of rotatable bonds is 5. The van der Waals surface area contributed by atoms with Crippen molar-refractivity contribution in [1.82, 2.24) is 5.32 Å². The highest BCUT2D eigenvalue weighted by atomic mass is 79.9. The second-order valence-electron chi connectivity index (χ2n) is 8.66. The summed E-state index contributed by atoms with van der Waals surface area (Å²) >= 11 is 3.91. The van der Waals surface area contributed by atoms with Crippen LogP contribution in [0.25, 0.3) is 0 Å². The van der Waals surface area contributed by atoms with Gasteiger partial charge in [0.15, 0.2) is 6.61 Å². The van der Waals surface area contributed by atoms with E-state index in [0.29, 0.717) is 17.8 Å². The van der Waals surface area contributed by atoms with Gasteiger partial charge in [0.2, 0.25) is 0 Å². The van der Waals surface area contributed by atoms with Crippen LogP contribution in [-0.2, 0) is 14.3 Å². The highest BCUT2D eigenvalue weighted by Crippen LogP contribution is 2.64. The number of hydrogen-bond donors (Lipinski definition) is 1. The first-order chi connectivity index (χ1) is 10.9. The molecule has 128 valence electrons. The lowest BCUT2D eigenvalue weighted by molar-refractivity contribution is -0.171. The Kier molecular flexibility index (Phi) is 3.78. The van der Waals surface area contributed by atoms with Gasteiger partial charge in [-0.3, -0.25) is 9.59 Å². The number of nitrogens with one attached hydrogen (secondary N) is 1. The van der Waals surface area contributed by atoms with Crippen molar-refractivity contribution < 1.29 is 14.3 Å². The van der Waals surface area contributed by atoms with Crippen LogP contribution in [0.2, 0.25) is 0 Å². The van der Waals surface area contributed by atoms with E-state index in [9.17, 15) is 9.59 Å². The first-order valence-electron chi connectivity index (χ1n) is 9.03. The van der Waals surface area contributed by atoms with Crippen molar-refractivity contribution in [3.8, 4) is 0 Å². The monoisotopic (exact) mass is 383 g/mol. The maximum absolute atomic E-state index is 12.8. The van der Waals surface area contributed by atoms with Gasteiger partial charge in [-0.05, 0) is 76.0 Å². The van der Waals surface area contributed by atoms with Crippen molar-refractivity contribution in [1.29, 1.82) is 0 Å². The van der Waals surface area contributed by atoms with E-state index in [1.807, 2.05) is 6.92 Å². The summed E-state index contributed by atoms with van der Waals surface area (Å²) < 4.78 is 5.60. The van der Waals surface area contributed by atoms with Gasteiger partial charge in [-0.15, -0.1) is 0 Å². The molecule has 5 atom stereocenters. The Morgan fingerprint density at radius 1 is 1.22 bits per heavy atom. The Bertz CT molecular complexity index is 516. The van der Waals surface area contributed by atoms with Gasteiger partial charge >= 0.3 is 5.97 Å². The number of carbonyl (C=O) groups excluding carboxylic acids is 2. The van der Waals surface area contributed by atoms with Crippen molar-refractivity contribution in [2.45, 2.75) is 68.7 Å². The number of halogens is 1. The molecule has 0 spiro atoms. The molecule has 5 fully saturated rings. The Labute approximate surface area is 146 Å². The molecule has 0 aromatic carbocycles. The third kappa shape index (κ3) is 3.06. The van der Waals surface area contributed by atoms with Crippen LogP contribution in [0, 0.1) is 23.2 Å². The highest BCUT2D eigenvalue weighted by Gasteiger charge is 2.60. The predicted octanol–water partition coefficient (Wildman–Crippen LogP) is 3.18. The van der Waals surface area contributed by atoms with Crippen LogP contribution >= 0.6 is 15.9 Å². The van der Waals surface area contributed by atoms with Gasteiger partial charge in [0, 0.05) is 10.4 Å². The largest absolute Gasteiger partial charge is 0.455 e. The molecular formula is C18H26BrNO3. The van der Waals surface area contributed by atoms with E-state index in [2.05, 4.69) is 21.2 Å². The fourth-order valence-electron chi connectivity index (χ4n) is 5.68. The van der Waals surface area contributed by atoms with Gasteiger partial charge in [0.05, 0.1) is 5.41 Å². The number of amides is 1. The van der Waals surface area contributed by atoms with E-state index in [1.54, 1.807) is 0 Å². The molecule has 5 rings (SSSR count). The van der Waals surface area contributed by atoms with E-state index in [0.717, 1.165) is 19.3 Å². The van der Waals surface area contributed by atoms with Gasteiger partial charge < -0.3 is 10.1 Å². The minimum absolute atomic E-state index is 0.123. The fourth-order valence-corrected chi connectivity index (χ4v) is 7.14. The number of ether oxygens (including phenoxy) is 1. The standard InChI is InChI=1S/C18H26BrNO3/c1-11(14-2-3-14)20-15(21)9-23-16(22)17-5-12-4-13(6-17)8-18(19,7-12)10-17/h11-14H,2-10H2,1H3,(H,20,21)/t11-,12-,13+,17?,18?/m1/s1. The van der Waals surface area contributed by atoms with Crippen molar-refractivity contribution in [3.05, 3.63) is 0 Å². The summed E-state index contributed by atoms with van der Waals surface area (Å²) in [4.78, 5) is 24.7. The second kappa shape index (κ2) is 5.47. The number of alkyl halides is 1. The summed E-state index contributed by atoms with van der Waals surface area (Å²) in [6, 6.07) is 0.201. The molecule has 1 N–H and O–H groups in total. The zero-order chi connectivity index (χ0) is 16.2. The topological polar surface area (TPSA) is 55.4 Å². The Morgan fingerprint density at radius 3 is 2.43 bits per heavy atom. The molecular weight excluding hydrogens is 358 g/mol. The summed E-state index contributed by atoms with van der Waals surface area (Å²) in [6.07, 6.45) is 8.83. The molecule has 5 saturated carbocycles. The third-order valence-electron chi connectivity index (χ3n) is 6.47. The zero-order valence-corrected chi connectivity index (χ0v) is 15.4. The van der Waals surface area contributed by atoms with Crippen molar-refractivity contribution >= 4 is 27.8 Å². The first kappa shape index (κ1) is 15.9. The minimum Gasteiger partial charge on any atom is -0.455 e. The van der Waals surface area contributed by atoms with Crippen LogP contribution in [0.3, 0.4) is 0 Å². The number of hydrogen-bond acceptors (Lipinski definition) is 3. The zero-order valence-electron chi connectivity index (χ0n) is 13.8. The van der Waals surface area contributed by atoms with E-state index in [4.69, 9.17) is 4.74 Å². The molecule has 0 aromatic rings. The van der Waals surface area contributed by atoms with Crippen molar-refractivity contribution in [3.63, 3.8) is 0 Å². The summed E-state index contributed by atoms with van der Waals surface area (Å²) in [5, 5.41) is 2.95. The summed E-state index contributed by atoms with van der Waals surface area (Å²) in [5.74, 6) is 1.62. The molecule has 5 aliphatic rings. The first-order valence-corrected chi connectivity index (χ1v) is 9.82. The minimum atomic E-state index is -0.337.